The number of ether oxygens (including phenoxy) is 3. The highest BCUT2D eigenvalue weighted by atomic mass is 16.5. The molecule has 3 aromatic rings. The molecular weight excluding hydrogens is 410 g/mol. The topological polar surface area (TPSA) is 91.6 Å². The molecule has 1 fully saturated rings. The lowest BCUT2D eigenvalue weighted by molar-refractivity contribution is -0.127. The van der Waals surface area contributed by atoms with Crippen LogP contribution >= 0.6 is 0 Å². The second-order valence-electron chi connectivity index (χ2n) is 7.27. The van der Waals surface area contributed by atoms with Crippen molar-refractivity contribution in [2.75, 3.05) is 27.3 Å². The summed E-state index contributed by atoms with van der Waals surface area (Å²) in [4.78, 5) is 14.4. The lowest BCUT2D eigenvalue weighted by atomic mass is 10.1. The molecule has 9 nitrogen and oxygen atoms in total. The first kappa shape index (κ1) is 21.4. The highest BCUT2D eigenvalue weighted by molar-refractivity contribution is 5.92. The van der Waals surface area contributed by atoms with Crippen molar-refractivity contribution in [3.05, 3.63) is 60.4 Å². The third-order valence-electron chi connectivity index (χ3n) is 5.23. The second-order valence-corrected chi connectivity index (χ2v) is 7.27. The van der Waals surface area contributed by atoms with Crippen LogP contribution in [0, 0.1) is 0 Å². The summed E-state index contributed by atoms with van der Waals surface area (Å²) in [6.45, 7) is 1.25. The van der Waals surface area contributed by atoms with E-state index in [1.807, 2.05) is 35.2 Å². The van der Waals surface area contributed by atoms with Crippen molar-refractivity contribution in [3.8, 4) is 23.2 Å². The first-order chi connectivity index (χ1) is 15.7. The number of aromatic nitrogens is 4. The Morgan fingerprint density at radius 2 is 1.88 bits per heavy atom. The summed E-state index contributed by atoms with van der Waals surface area (Å²) in [7, 11) is 3.18. The molecular formula is C23H25N5O4. The molecule has 1 amide bonds. The van der Waals surface area contributed by atoms with Crippen molar-refractivity contribution < 1.29 is 19.0 Å². The molecule has 0 N–H and O–H groups in total. The van der Waals surface area contributed by atoms with E-state index in [1.54, 1.807) is 49.5 Å². The second kappa shape index (κ2) is 9.95. The lowest BCUT2D eigenvalue weighted by Crippen LogP contribution is -2.41. The van der Waals surface area contributed by atoms with E-state index >= 15 is 0 Å². The molecule has 0 radical (unpaired) electrons. The maximum Gasteiger partial charge on any atom is 0.246 e. The number of carbonyl (C=O) groups excluding carboxylic acids is 1. The van der Waals surface area contributed by atoms with Gasteiger partial charge in [0.2, 0.25) is 11.8 Å². The van der Waals surface area contributed by atoms with E-state index in [-0.39, 0.29) is 12.0 Å². The highest BCUT2D eigenvalue weighted by Gasteiger charge is 2.23. The van der Waals surface area contributed by atoms with Crippen molar-refractivity contribution in [2.24, 2.45) is 0 Å². The van der Waals surface area contributed by atoms with Gasteiger partial charge in [0, 0.05) is 50.5 Å². The molecule has 0 saturated carbocycles. The van der Waals surface area contributed by atoms with Crippen LogP contribution in [0.1, 0.15) is 18.4 Å². The van der Waals surface area contributed by atoms with Crippen LogP contribution < -0.4 is 14.2 Å². The molecule has 2 aromatic heterocycles. The van der Waals surface area contributed by atoms with E-state index in [9.17, 15) is 4.79 Å². The fourth-order valence-electron chi connectivity index (χ4n) is 3.50. The summed E-state index contributed by atoms with van der Waals surface area (Å²) < 4.78 is 18.1. The molecule has 1 saturated heterocycles. The zero-order chi connectivity index (χ0) is 22.3. The summed E-state index contributed by atoms with van der Waals surface area (Å²) in [6.07, 6.45) is 8.32. The van der Waals surface area contributed by atoms with Crippen molar-refractivity contribution in [1.29, 1.82) is 0 Å². The molecule has 1 aromatic carbocycles. The standard InChI is InChI=1S/C23H25N5O4/c1-30-19-6-4-17(16-20(19)31-2)5-9-23(29)27-14-10-18(11-15-27)32-22-8-7-21(25-26-22)28-13-3-12-24-28/h3-9,12-13,16,18H,10-11,14-15H2,1-2H3/b9-5+. The monoisotopic (exact) mass is 435 g/mol. The first-order valence-corrected chi connectivity index (χ1v) is 10.4. The highest BCUT2D eigenvalue weighted by Crippen LogP contribution is 2.28. The van der Waals surface area contributed by atoms with E-state index in [2.05, 4.69) is 15.3 Å². The van der Waals surface area contributed by atoms with E-state index in [1.165, 1.54) is 0 Å². The van der Waals surface area contributed by atoms with Crippen LogP contribution in [-0.2, 0) is 4.79 Å². The summed E-state index contributed by atoms with van der Waals surface area (Å²) in [5.41, 5.74) is 0.867. The maximum absolute atomic E-state index is 12.6. The summed E-state index contributed by atoms with van der Waals surface area (Å²) in [6, 6.07) is 11.0. The maximum atomic E-state index is 12.6. The van der Waals surface area contributed by atoms with Gasteiger partial charge in [-0.1, -0.05) is 6.07 Å². The molecule has 1 aliphatic heterocycles. The number of hydrogen-bond acceptors (Lipinski definition) is 7. The molecule has 3 heterocycles. The van der Waals surface area contributed by atoms with Gasteiger partial charge in [-0.05, 0) is 35.9 Å². The Bertz CT molecular complexity index is 1060. The Balaban J connectivity index is 1.28. The van der Waals surface area contributed by atoms with Crippen LogP contribution in [0.4, 0.5) is 0 Å². The Morgan fingerprint density at radius 3 is 2.53 bits per heavy atom. The van der Waals surface area contributed by atoms with Crippen LogP contribution in [-0.4, -0.2) is 64.2 Å². The summed E-state index contributed by atoms with van der Waals surface area (Å²) in [5, 5.41) is 12.4. The average Bonchev–Trinajstić information content (AvgIpc) is 3.38. The number of methoxy groups -OCH3 is 2. The fraction of sp³-hybridized carbons (Fsp3) is 0.304. The van der Waals surface area contributed by atoms with Crippen LogP contribution in [0.5, 0.6) is 17.4 Å². The first-order valence-electron chi connectivity index (χ1n) is 10.4. The Hall–Kier alpha value is -3.88. The molecule has 9 heteroatoms. The molecule has 4 rings (SSSR count). The normalized spacial score (nSPS) is 14.5. The zero-order valence-corrected chi connectivity index (χ0v) is 18.0. The van der Waals surface area contributed by atoms with Crippen molar-refractivity contribution >= 4 is 12.0 Å². The minimum Gasteiger partial charge on any atom is -0.493 e. The Kier molecular flexibility index (Phi) is 6.64. The summed E-state index contributed by atoms with van der Waals surface area (Å²) in [5.74, 6) is 2.35. The Labute approximate surface area is 186 Å². The van der Waals surface area contributed by atoms with Crippen LogP contribution in [0.25, 0.3) is 11.9 Å². The smallest absolute Gasteiger partial charge is 0.246 e. The number of amides is 1. The number of likely N-dealkylation sites (tertiary alicyclic amines) is 1. The van der Waals surface area contributed by atoms with Gasteiger partial charge in [-0.3, -0.25) is 4.79 Å². The molecule has 0 aliphatic carbocycles. The largest absolute Gasteiger partial charge is 0.493 e. The molecule has 32 heavy (non-hydrogen) atoms. The third kappa shape index (κ3) is 5.05. The zero-order valence-electron chi connectivity index (χ0n) is 18.0. The van der Waals surface area contributed by atoms with Gasteiger partial charge in [-0.25, -0.2) is 4.68 Å². The molecule has 0 atom stereocenters. The van der Waals surface area contributed by atoms with E-state index < -0.39 is 0 Å². The van der Waals surface area contributed by atoms with E-state index in [0.717, 1.165) is 18.4 Å². The Morgan fingerprint density at radius 1 is 1.06 bits per heavy atom. The number of rotatable bonds is 7. The minimum atomic E-state index is -0.0263. The lowest BCUT2D eigenvalue weighted by Gasteiger charge is -2.31. The fourth-order valence-corrected chi connectivity index (χ4v) is 3.50. The van der Waals surface area contributed by atoms with E-state index in [0.29, 0.717) is 36.3 Å². The van der Waals surface area contributed by atoms with Gasteiger partial charge in [-0.15, -0.1) is 10.2 Å². The SMILES string of the molecule is COc1ccc(/C=C/C(=O)N2CCC(Oc3ccc(-n4cccn4)nn3)CC2)cc1OC. The third-order valence-corrected chi connectivity index (χ3v) is 5.23. The van der Waals surface area contributed by atoms with Crippen molar-refractivity contribution in [1.82, 2.24) is 24.9 Å². The van der Waals surface area contributed by atoms with Gasteiger partial charge in [-0.2, -0.15) is 5.10 Å². The average molecular weight is 435 g/mol. The molecule has 0 bridgehead atoms. The van der Waals surface area contributed by atoms with Gasteiger partial charge in [0.25, 0.3) is 0 Å². The molecule has 0 spiro atoms. The number of hydrogen-bond donors (Lipinski definition) is 0. The minimum absolute atomic E-state index is 0.00117. The quantitative estimate of drug-likeness (QED) is 0.527. The molecule has 1 aliphatic rings. The summed E-state index contributed by atoms with van der Waals surface area (Å²) >= 11 is 0. The van der Waals surface area contributed by atoms with Gasteiger partial charge in [0.1, 0.15) is 6.10 Å². The predicted octanol–water partition coefficient (Wildman–Crippen LogP) is 2.76. The van der Waals surface area contributed by atoms with Crippen molar-refractivity contribution in [2.45, 2.75) is 18.9 Å². The van der Waals surface area contributed by atoms with Crippen LogP contribution in [0.3, 0.4) is 0 Å². The van der Waals surface area contributed by atoms with Crippen molar-refractivity contribution in [3.63, 3.8) is 0 Å². The van der Waals surface area contributed by atoms with Gasteiger partial charge < -0.3 is 19.1 Å². The number of carbonyl (C=O) groups is 1. The van der Waals surface area contributed by atoms with Crippen LogP contribution in [0.15, 0.2) is 54.9 Å². The molecule has 166 valence electrons. The number of nitrogens with zero attached hydrogens (tertiary/aromatic N) is 5. The molecule has 0 unspecified atom stereocenters. The number of benzene rings is 1. The van der Waals surface area contributed by atoms with Gasteiger partial charge in [0.15, 0.2) is 17.3 Å². The van der Waals surface area contributed by atoms with Crippen LogP contribution in [0.2, 0.25) is 0 Å². The van der Waals surface area contributed by atoms with Gasteiger partial charge in [0.05, 0.1) is 14.2 Å². The predicted molar refractivity (Wildman–Crippen MR) is 118 cm³/mol. The van der Waals surface area contributed by atoms with Gasteiger partial charge >= 0.3 is 0 Å². The number of piperidine rings is 1. The van der Waals surface area contributed by atoms with E-state index in [4.69, 9.17) is 14.2 Å².